The van der Waals surface area contributed by atoms with Crippen molar-refractivity contribution in [1.29, 1.82) is 0 Å². The number of ether oxygens (including phenoxy) is 5. The fourth-order valence-electron chi connectivity index (χ4n) is 2.05. The molecule has 1 saturated heterocycles. The third-order valence-corrected chi connectivity index (χ3v) is 3.53. The number of hydrogen-bond acceptors (Lipinski definition) is 6. The van der Waals surface area contributed by atoms with Crippen molar-refractivity contribution in [1.82, 2.24) is 5.32 Å². The molecular formula is C15H30BrNO5. The van der Waals surface area contributed by atoms with E-state index in [1.807, 2.05) is 0 Å². The first-order valence-electron chi connectivity index (χ1n) is 8.12. The van der Waals surface area contributed by atoms with Crippen molar-refractivity contribution < 1.29 is 23.7 Å². The summed E-state index contributed by atoms with van der Waals surface area (Å²) in [5.41, 5.74) is 0. The molecule has 0 radical (unpaired) electrons. The molecule has 0 aliphatic carbocycles. The second-order valence-corrected chi connectivity index (χ2v) is 5.75. The molecule has 0 aromatic carbocycles. The van der Waals surface area contributed by atoms with Gasteiger partial charge in [0.05, 0.1) is 65.6 Å². The van der Waals surface area contributed by atoms with Gasteiger partial charge in [-0.05, 0) is 25.9 Å². The van der Waals surface area contributed by atoms with Crippen molar-refractivity contribution in [3.8, 4) is 0 Å². The fraction of sp³-hybridized carbons (Fsp3) is 1.00. The van der Waals surface area contributed by atoms with Crippen LogP contribution in [0.4, 0.5) is 0 Å². The topological polar surface area (TPSA) is 58.2 Å². The van der Waals surface area contributed by atoms with E-state index >= 15 is 0 Å². The van der Waals surface area contributed by atoms with Gasteiger partial charge >= 0.3 is 0 Å². The zero-order valence-corrected chi connectivity index (χ0v) is 15.0. The van der Waals surface area contributed by atoms with Crippen LogP contribution in [0.15, 0.2) is 0 Å². The molecule has 22 heavy (non-hydrogen) atoms. The summed E-state index contributed by atoms with van der Waals surface area (Å²) in [6.07, 6.45) is 2.60. The van der Waals surface area contributed by atoms with Crippen molar-refractivity contribution in [3.05, 3.63) is 0 Å². The summed E-state index contributed by atoms with van der Waals surface area (Å²) >= 11 is 3.30. The van der Waals surface area contributed by atoms with Crippen LogP contribution in [-0.2, 0) is 23.7 Å². The number of halogens is 1. The molecule has 1 fully saturated rings. The predicted molar refractivity (Wildman–Crippen MR) is 88.9 cm³/mol. The van der Waals surface area contributed by atoms with E-state index < -0.39 is 0 Å². The Morgan fingerprint density at radius 3 is 1.64 bits per heavy atom. The molecule has 1 N–H and O–H groups in total. The molecule has 0 bridgehead atoms. The lowest BCUT2D eigenvalue weighted by molar-refractivity contribution is -0.0276. The number of alkyl halides is 1. The van der Waals surface area contributed by atoms with Crippen molar-refractivity contribution in [2.24, 2.45) is 0 Å². The minimum atomic E-state index is 0.400. The van der Waals surface area contributed by atoms with Gasteiger partial charge in [0.25, 0.3) is 0 Å². The summed E-state index contributed by atoms with van der Waals surface area (Å²) in [5.74, 6) is 0. The van der Waals surface area contributed by atoms with E-state index in [0.717, 1.165) is 37.9 Å². The fourth-order valence-corrected chi connectivity index (χ4v) is 2.28. The average molecular weight is 384 g/mol. The van der Waals surface area contributed by atoms with Gasteiger partial charge in [-0.25, -0.2) is 0 Å². The van der Waals surface area contributed by atoms with E-state index in [2.05, 4.69) is 21.2 Å². The summed E-state index contributed by atoms with van der Waals surface area (Å²) in [4.78, 5) is 0. The number of rotatable bonds is 15. The van der Waals surface area contributed by atoms with Crippen molar-refractivity contribution in [2.45, 2.75) is 18.9 Å². The molecule has 1 aliphatic rings. The highest BCUT2D eigenvalue weighted by Gasteiger charge is 2.12. The van der Waals surface area contributed by atoms with Gasteiger partial charge in [0.1, 0.15) is 0 Å². The third kappa shape index (κ3) is 12.8. The molecular weight excluding hydrogens is 354 g/mol. The maximum Gasteiger partial charge on any atom is 0.0704 e. The normalized spacial score (nSPS) is 16.2. The zero-order chi connectivity index (χ0) is 15.7. The van der Waals surface area contributed by atoms with Crippen LogP contribution in [0.3, 0.4) is 0 Å². The molecule has 7 heteroatoms. The second-order valence-electron chi connectivity index (χ2n) is 4.96. The Morgan fingerprint density at radius 2 is 1.14 bits per heavy atom. The van der Waals surface area contributed by atoms with Crippen LogP contribution < -0.4 is 5.32 Å². The van der Waals surface area contributed by atoms with E-state index in [-0.39, 0.29) is 0 Å². The van der Waals surface area contributed by atoms with Crippen molar-refractivity contribution in [2.75, 3.05) is 77.9 Å². The largest absolute Gasteiger partial charge is 0.378 e. The Kier molecular flexibility index (Phi) is 14.9. The summed E-state index contributed by atoms with van der Waals surface area (Å²) < 4.78 is 27.2. The maximum absolute atomic E-state index is 5.74. The maximum atomic E-state index is 5.74. The van der Waals surface area contributed by atoms with Crippen molar-refractivity contribution >= 4 is 15.9 Å². The van der Waals surface area contributed by atoms with Crippen LogP contribution in [0, 0.1) is 0 Å². The van der Waals surface area contributed by atoms with Crippen LogP contribution in [0.2, 0.25) is 0 Å². The zero-order valence-electron chi connectivity index (χ0n) is 13.4. The van der Waals surface area contributed by atoms with Gasteiger partial charge in [-0.3, -0.25) is 0 Å². The smallest absolute Gasteiger partial charge is 0.0704 e. The van der Waals surface area contributed by atoms with Gasteiger partial charge in [-0.2, -0.15) is 0 Å². The summed E-state index contributed by atoms with van der Waals surface area (Å²) in [6, 6.07) is 0. The van der Waals surface area contributed by atoms with Crippen LogP contribution in [-0.4, -0.2) is 84.0 Å². The Balaban J connectivity index is 1.68. The lowest BCUT2D eigenvalue weighted by Gasteiger charge is -2.22. The van der Waals surface area contributed by atoms with Gasteiger partial charge < -0.3 is 29.0 Å². The molecule has 0 saturated carbocycles. The quantitative estimate of drug-likeness (QED) is 0.339. The van der Waals surface area contributed by atoms with E-state index in [9.17, 15) is 0 Å². The van der Waals surface area contributed by atoms with E-state index in [1.54, 1.807) is 0 Å². The standard InChI is InChI=1S/C15H30BrNO5/c16-3-6-18-7-8-19-9-10-20-11-12-21-13-14-22-15-1-4-17-5-2-15/h15,17H,1-14H2. The molecule has 0 amide bonds. The van der Waals surface area contributed by atoms with Crippen molar-refractivity contribution in [3.63, 3.8) is 0 Å². The predicted octanol–water partition coefficient (Wildman–Crippen LogP) is 1.22. The van der Waals surface area contributed by atoms with Crippen LogP contribution in [0.1, 0.15) is 12.8 Å². The Morgan fingerprint density at radius 1 is 0.682 bits per heavy atom. The lowest BCUT2D eigenvalue weighted by atomic mass is 10.1. The summed E-state index contributed by atoms with van der Waals surface area (Å²) in [5, 5.41) is 4.18. The van der Waals surface area contributed by atoms with Gasteiger partial charge in [0, 0.05) is 5.33 Å². The Bertz CT molecular complexity index is 230. The molecule has 1 heterocycles. The highest BCUT2D eigenvalue weighted by atomic mass is 79.9. The summed E-state index contributed by atoms with van der Waals surface area (Å²) in [6.45, 7) is 7.76. The highest BCUT2D eigenvalue weighted by Crippen LogP contribution is 2.06. The first-order valence-corrected chi connectivity index (χ1v) is 9.25. The van der Waals surface area contributed by atoms with Gasteiger partial charge in [-0.1, -0.05) is 15.9 Å². The Hall–Kier alpha value is 0.240. The lowest BCUT2D eigenvalue weighted by Crippen LogP contribution is -2.33. The molecule has 0 spiro atoms. The molecule has 0 aromatic rings. The monoisotopic (exact) mass is 383 g/mol. The minimum Gasteiger partial charge on any atom is -0.378 e. The molecule has 0 atom stereocenters. The van der Waals surface area contributed by atoms with E-state index in [0.29, 0.717) is 59.0 Å². The second kappa shape index (κ2) is 16.1. The average Bonchev–Trinajstić information content (AvgIpc) is 2.56. The van der Waals surface area contributed by atoms with E-state index in [1.165, 1.54) is 0 Å². The van der Waals surface area contributed by atoms with Gasteiger partial charge in [-0.15, -0.1) is 0 Å². The SMILES string of the molecule is BrCCOCCOCCOCCOCCOC1CCNCC1. The Labute approximate surface area is 142 Å². The molecule has 132 valence electrons. The molecule has 1 aliphatic heterocycles. The number of piperidine rings is 1. The first kappa shape index (κ1) is 20.3. The van der Waals surface area contributed by atoms with Gasteiger partial charge in [0.15, 0.2) is 0 Å². The summed E-state index contributed by atoms with van der Waals surface area (Å²) in [7, 11) is 0. The molecule has 0 aromatic heterocycles. The molecule has 1 rings (SSSR count). The number of hydrogen-bond donors (Lipinski definition) is 1. The minimum absolute atomic E-state index is 0.400. The highest BCUT2D eigenvalue weighted by molar-refractivity contribution is 9.09. The molecule has 0 unspecified atom stereocenters. The number of nitrogens with one attached hydrogen (secondary N) is 1. The van der Waals surface area contributed by atoms with Crippen LogP contribution in [0.25, 0.3) is 0 Å². The first-order chi connectivity index (χ1) is 10.9. The van der Waals surface area contributed by atoms with Crippen LogP contribution >= 0.6 is 15.9 Å². The third-order valence-electron chi connectivity index (χ3n) is 3.20. The molecule has 6 nitrogen and oxygen atoms in total. The van der Waals surface area contributed by atoms with Crippen LogP contribution in [0.5, 0.6) is 0 Å². The van der Waals surface area contributed by atoms with E-state index in [4.69, 9.17) is 23.7 Å². The van der Waals surface area contributed by atoms with Gasteiger partial charge in [0.2, 0.25) is 0 Å².